The maximum Gasteiger partial charge on any atom is 0.253 e. The molecule has 2 aliphatic heterocycles. The first-order valence-corrected chi connectivity index (χ1v) is 13.5. The Balaban J connectivity index is 1.12. The fraction of sp³-hybridized carbons (Fsp3) is 0.367. The number of rotatable bonds is 4. The van der Waals surface area contributed by atoms with Gasteiger partial charge in [0.2, 0.25) is 0 Å². The second-order valence-electron chi connectivity index (χ2n) is 10.6. The molecule has 1 atom stereocenters. The SMILES string of the molecule is O=C(N[C@@H]1CCc2ccc(C(=O)N3CCC4(CCN(c5cccnc5)CC4)C3)cc21)c1ccccc1Cl. The third kappa shape index (κ3) is 4.71. The Kier molecular flexibility index (Phi) is 6.37. The highest BCUT2D eigenvalue weighted by molar-refractivity contribution is 6.33. The van der Waals surface area contributed by atoms with Gasteiger partial charge < -0.3 is 15.1 Å². The second-order valence-corrected chi connectivity index (χ2v) is 11.0. The smallest absolute Gasteiger partial charge is 0.253 e. The number of anilines is 1. The summed E-state index contributed by atoms with van der Waals surface area (Å²) in [7, 11) is 0. The minimum Gasteiger partial charge on any atom is -0.370 e. The molecule has 6 nitrogen and oxygen atoms in total. The second kappa shape index (κ2) is 9.82. The molecule has 0 radical (unpaired) electrons. The summed E-state index contributed by atoms with van der Waals surface area (Å²) in [4.78, 5) is 35.1. The standard InChI is InChI=1S/C30H31ClN4O2/c31-26-6-2-1-5-24(26)28(36)33-27-10-9-21-7-8-22(18-25(21)27)29(37)35-17-13-30(20-35)11-15-34(16-12-30)23-4-3-14-32-19-23/h1-8,14,18-19,27H,9-13,15-17,20H2,(H,33,36)/t27-/m1/s1. The lowest BCUT2D eigenvalue weighted by Crippen LogP contribution is -2.42. The lowest BCUT2D eigenvalue weighted by Gasteiger charge is -2.40. The maximum atomic E-state index is 13.6. The zero-order valence-electron chi connectivity index (χ0n) is 20.8. The van der Waals surface area contributed by atoms with Crippen LogP contribution in [0.15, 0.2) is 67.0 Å². The lowest BCUT2D eigenvalue weighted by molar-refractivity contribution is 0.0764. The number of hydrogen-bond donors (Lipinski definition) is 1. The molecule has 2 fully saturated rings. The van der Waals surface area contributed by atoms with Crippen LogP contribution < -0.4 is 10.2 Å². The van der Waals surface area contributed by atoms with Crippen LogP contribution in [0.5, 0.6) is 0 Å². The van der Waals surface area contributed by atoms with E-state index >= 15 is 0 Å². The van der Waals surface area contributed by atoms with Crippen molar-refractivity contribution >= 4 is 29.1 Å². The molecule has 2 amide bonds. The zero-order chi connectivity index (χ0) is 25.4. The van der Waals surface area contributed by atoms with Gasteiger partial charge in [-0.2, -0.15) is 0 Å². The molecule has 6 rings (SSSR count). The van der Waals surface area contributed by atoms with Gasteiger partial charge in [0.15, 0.2) is 0 Å². The van der Waals surface area contributed by atoms with Crippen LogP contribution in [-0.2, 0) is 6.42 Å². The van der Waals surface area contributed by atoms with Crippen molar-refractivity contribution in [3.8, 4) is 0 Å². The van der Waals surface area contributed by atoms with Crippen molar-refractivity contribution in [3.63, 3.8) is 0 Å². The molecule has 1 N–H and O–H groups in total. The summed E-state index contributed by atoms with van der Waals surface area (Å²) in [5.41, 5.74) is 4.81. The van der Waals surface area contributed by atoms with Gasteiger partial charge in [0.1, 0.15) is 0 Å². The van der Waals surface area contributed by atoms with Crippen LogP contribution in [0.4, 0.5) is 5.69 Å². The first kappa shape index (κ1) is 24.0. The molecule has 0 unspecified atom stereocenters. The number of benzene rings is 2. The van der Waals surface area contributed by atoms with Gasteiger partial charge >= 0.3 is 0 Å². The predicted molar refractivity (Wildman–Crippen MR) is 145 cm³/mol. The van der Waals surface area contributed by atoms with E-state index in [0.29, 0.717) is 16.1 Å². The zero-order valence-corrected chi connectivity index (χ0v) is 21.6. The number of halogens is 1. The van der Waals surface area contributed by atoms with Crippen LogP contribution in [0.25, 0.3) is 0 Å². The number of fused-ring (bicyclic) bond motifs is 1. The van der Waals surface area contributed by atoms with Crippen molar-refractivity contribution in [2.75, 3.05) is 31.1 Å². The van der Waals surface area contributed by atoms with E-state index in [-0.39, 0.29) is 23.3 Å². The topological polar surface area (TPSA) is 65.5 Å². The maximum absolute atomic E-state index is 13.6. The molecule has 0 saturated carbocycles. The molecule has 190 valence electrons. The minimum atomic E-state index is -0.181. The van der Waals surface area contributed by atoms with Gasteiger partial charge in [0.05, 0.1) is 28.5 Å². The largest absolute Gasteiger partial charge is 0.370 e. The van der Waals surface area contributed by atoms with Gasteiger partial charge in [-0.05, 0) is 85.0 Å². The Morgan fingerprint density at radius 3 is 2.59 bits per heavy atom. The number of likely N-dealkylation sites (tertiary alicyclic amines) is 1. The number of carbonyl (C=O) groups excluding carboxylic acids is 2. The number of carbonyl (C=O) groups is 2. The monoisotopic (exact) mass is 514 g/mol. The number of hydrogen-bond acceptors (Lipinski definition) is 4. The first-order valence-electron chi connectivity index (χ1n) is 13.1. The van der Waals surface area contributed by atoms with Crippen molar-refractivity contribution in [3.05, 3.63) is 94.3 Å². The Labute approximate surface area is 222 Å². The Morgan fingerprint density at radius 1 is 1.00 bits per heavy atom. The highest BCUT2D eigenvalue weighted by Gasteiger charge is 2.42. The summed E-state index contributed by atoms with van der Waals surface area (Å²) >= 11 is 6.23. The third-order valence-corrected chi connectivity index (χ3v) is 8.78. The van der Waals surface area contributed by atoms with Crippen LogP contribution in [-0.4, -0.2) is 47.9 Å². The van der Waals surface area contributed by atoms with E-state index < -0.39 is 0 Å². The van der Waals surface area contributed by atoms with Gasteiger partial charge in [0.25, 0.3) is 11.8 Å². The molecule has 1 aliphatic carbocycles. The molecule has 1 aromatic heterocycles. The molecule has 2 saturated heterocycles. The predicted octanol–water partition coefficient (Wildman–Crippen LogP) is 5.29. The van der Waals surface area contributed by atoms with E-state index in [2.05, 4.69) is 27.3 Å². The van der Waals surface area contributed by atoms with Crippen molar-refractivity contribution in [1.29, 1.82) is 0 Å². The summed E-state index contributed by atoms with van der Waals surface area (Å²) in [6.45, 7) is 3.62. The Hall–Kier alpha value is -3.38. The Morgan fingerprint density at radius 2 is 1.81 bits per heavy atom. The number of nitrogens with one attached hydrogen (secondary N) is 1. The molecule has 1 spiro atoms. The molecule has 3 aliphatic rings. The summed E-state index contributed by atoms with van der Waals surface area (Å²) in [5, 5.41) is 3.58. The van der Waals surface area contributed by atoms with E-state index in [1.807, 2.05) is 47.6 Å². The average molecular weight is 515 g/mol. The van der Waals surface area contributed by atoms with E-state index in [4.69, 9.17) is 11.6 Å². The van der Waals surface area contributed by atoms with Gasteiger partial charge in [0, 0.05) is 37.9 Å². The molecular formula is C30H31ClN4O2. The fourth-order valence-corrected chi connectivity index (χ4v) is 6.47. The number of amides is 2. The average Bonchev–Trinajstić information content (AvgIpc) is 3.53. The molecule has 37 heavy (non-hydrogen) atoms. The molecular weight excluding hydrogens is 484 g/mol. The van der Waals surface area contributed by atoms with Crippen molar-refractivity contribution in [2.24, 2.45) is 5.41 Å². The van der Waals surface area contributed by atoms with E-state index in [0.717, 1.165) is 63.8 Å². The fourth-order valence-electron chi connectivity index (χ4n) is 6.25. The van der Waals surface area contributed by atoms with Crippen molar-refractivity contribution in [1.82, 2.24) is 15.2 Å². The van der Waals surface area contributed by atoms with Gasteiger partial charge in [-0.3, -0.25) is 14.6 Å². The van der Waals surface area contributed by atoms with Crippen molar-refractivity contribution < 1.29 is 9.59 Å². The van der Waals surface area contributed by atoms with Gasteiger partial charge in [-0.25, -0.2) is 0 Å². The van der Waals surface area contributed by atoms with Gasteiger partial charge in [-0.15, -0.1) is 0 Å². The summed E-state index contributed by atoms with van der Waals surface area (Å²) in [6, 6.07) is 17.1. The number of pyridine rings is 1. The number of piperidine rings is 1. The quantitative estimate of drug-likeness (QED) is 0.514. The van der Waals surface area contributed by atoms with Crippen LogP contribution in [0.1, 0.15) is 63.6 Å². The minimum absolute atomic E-state index is 0.0949. The molecule has 3 heterocycles. The highest BCUT2D eigenvalue weighted by Crippen LogP contribution is 2.42. The molecule has 0 bridgehead atoms. The van der Waals surface area contributed by atoms with E-state index in [1.165, 1.54) is 11.3 Å². The molecule has 2 aromatic carbocycles. The summed E-state index contributed by atoms with van der Waals surface area (Å²) in [5.74, 6) is -0.0864. The van der Waals surface area contributed by atoms with Crippen LogP contribution >= 0.6 is 11.6 Å². The number of nitrogens with zero attached hydrogens (tertiary/aromatic N) is 3. The normalized spacial score (nSPS) is 20.2. The Bertz CT molecular complexity index is 1320. The third-order valence-electron chi connectivity index (χ3n) is 8.46. The van der Waals surface area contributed by atoms with Crippen LogP contribution in [0.3, 0.4) is 0 Å². The van der Waals surface area contributed by atoms with E-state index in [1.54, 1.807) is 12.1 Å². The summed E-state index contributed by atoms with van der Waals surface area (Å²) in [6.07, 6.45) is 8.68. The summed E-state index contributed by atoms with van der Waals surface area (Å²) < 4.78 is 0. The van der Waals surface area contributed by atoms with E-state index in [9.17, 15) is 9.59 Å². The highest BCUT2D eigenvalue weighted by atomic mass is 35.5. The van der Waals surface area contributed by atoms with Crippen LogP contribution in [0.2, 0.25) is 5.02 Å². The number of aromatic nitrogens is 1. The van der Waals surface area contributed by atoms with Crippen LogP contribution in [0, 0.1) is 5.41 Å². The van der Waals surface area contributed by atoms with Gasteiger partial charge in [-0.1, -0.05) is 29.8 Å². The van der Waals surface area contributed by atoms with Crippen molar-refractivity contribution in [2.45, 2.75) is 38.1 Å². The first-order chi connectivity index (χ1) is 18.0. The lowest BCUT2D eigenvalue weighted by atomic mass is 9.77. The molecule has 3 aromatic rings. The molecule has 7 heteroatoms. The number of aryl methyl sites for hydroxylation is 1.